The van der Waals surface area contributed by atoms with Crippen molar-refractivity contribution in [2.45, 2.75) is 0 Å². The minimum Gasteiger partial charge on any atom is -0.394 e. The Morgan fingerprint density at radius 3 is 3.10 bits per heavy atom. The molecule has 112 valence electrons. The molecule has 0 aromatic carbocycles. The molecule has 0 spiro atoms. The lowest BCUT2D eigenvalue weighted by Gasteiger charge is -2.19. The van der Waals surface area contributed by atoms with Gasteiger partial charge in [0.1, 0.15) is 11.8 Å². The van der Waals surface area contributed by atoms with E-state index < -0.39 is 5.92 Å². The van der Waals surface area contributed by atoms with Gasteiger partial charge in [-0.05, 0) is 0 Å². The number of rotatable bonds is 6. The van der Waals surface area contributed by atoms with Crippen molar-refractivity contribution in [1.29, 1.82) is 0 Å². The number of β-amino-alcohol motifs (C(OH)–C–C–N with tert-alkyl or cyclic N) is 1. The fraction of sp³-hybridized carbons (Fsp3) is 0.417. The number of hydrogen-bond acceptors (Lipinski definition) is 7. The van der Waals surface area contributed by atoms with Crippen LogP contribution in [0.5, 0.6) is 0 Å². The molecule has 0 saturated carbocycles. The summed E-state index contributed by atoms with van der Waals surface area (Å²) in [6.45, 7) is 4.06. The lowest BCUT2D eigenvalue weighted by atomic mass is 10.1. The van der Waals surface area contributed by atoms with Crippen LogP contribution in [0.2, 0.25) is 0 Å². The molecule has 1 atom stereocenters. The second kappa shape index (κ2) is 7.14. The topological polar surface area (TPSA) is 107 Å². The standard InChI is InChI=1S/C12H15N5O3S/c1-2-3-13-9(19)7-21-12-15-10-8(11(20)16-12)6-14-17(10)4-5-18/h2,6,8,18H,1,3-5,7H2,(H,13,19). The van der Waals surface area contributed by atoms with Crippen LogP contribution in [-0.2, 0) is 9.59 Å². The summed E-state index contributed by atoms with van der Waals surface area (Å²) in [4.78, 5) is 31.5. The van der Waals surface area contributed by atoms with Crippen molar-refractivity contribution >= 4 is 40.8 Å². The number of hydrogen-bond donors (Lipinski definition) is 2. The van der Waals surface area contributed by atoms with Crippen LogP contribution in [0, 0.1) is 5.92 Å². The SMILES string of the molecule is C=CCNC(=O)CSC1=NC(=O)C2C=NN(CCO)C2=N1. The first kappa shape index (κ1) is 15.4. The van der Waals surface area contributed by atoms with Gasteiger partial charge in [0, 0.05) is 12.8 Å². The molecule has 0 aromatic rings. The van der Waals surface area contributed by atoms with Crippen LogP contribution >= 0.6 is 11.8 Å². The highest BCUT2D eigenvalue weighted by atomic mass is 32.2. The van der Waals surface area contributed by atoms with Gasteiger partial charge < -0.3 is 10.4 Å². The molecule has 2 amide bonds. The van der Waals surface area contributed by atoms with Crippen molar-refractivity contribution in [3.05, 3.63) is 12.7 Å². The second-order valence-corrected chi connectivity index (χ2v) is 5.12. The summed E-state index contributed by atoms with van der Waals surface area (Å²) in [6.07, 6.45) is 3.04. The molecule has 0 fully saturated rings. The number of fused-ring (bicyclic) bond motifs is 1. The Morgan fingerprint density at radius 2 is 2.38 bits per heavy atom. The molecule has 0 bridgehead atoms. The van der Waals surface area contributed by atoms with E-state index in [1.807, 2.05) is 0 Å². The average molecular weight is 309 g/mol. The van der Waals surface area contributed by atoms with Crippen molar-refractivity contribution in [2.75, 3.05) is 25.4 Å². The maximum absolute atomic E-state index is 11.9. The third kappa shape index (κ3) is 3.76. The number of aliphatic hydroxyl groups is 1. The molecule has 2 aliphatic heterocycles. The molecule has 0 saturated heterocycles. The smallest absolute Gasteiger partial charge is 0.264 e. The third-order valence-electron chi connectivity index (χ3n) is 2.67. The number of thioether (sulfide) groups is 1. The van der Waals surface area contributed by atoms with Gasteiger partial charge in [0.15, 0.2) is 5.17 Å². The Balaban J connectivity index is 1.98. The molecule has 8 nitrogen and oxygen atoms in total. The molecule has 9 heteroatoms. The number of amidine groups is 2. The van der Waals surface area contributed by atoms with Crippen LogP contribution in [0.15, 0.2) is 27.7 Å². The van der Waals surface area contributed by atoms with Crippen molar-refractivity contribution in [1.82, 2.24) is 10.3 Å². The predicted molar refractivity (Wildman–Crippen MR) is 81.3 cm³/mol. The Morgan fingerprint density at radius 1 is 1.57 bits per heavy atom. The van der Waals surface area contributed by atoms with E-state index in [-0.39, 0.29) is 35.9 Å². The monoisotopic (exact) mass is 309 g/mol. The van der Waals surface area contributed by atoms with E-state index in [9.17, 15) is 9.59 Å². The largest absolute Gasteiger partial charge is 0.394 e. The molecule has 0 aromatic heterocycles. The van der Waals surface area contributed by atoms with E-state index >= 15 is 0 Å². The Labute approximate surface area is 125 Å². The number of nitrogens with zero attached hydrogens (tertiary/aromatic N) is 4. The first-order valence-corrected chi connectivity index (χ1v) is 7.28. The van der Waals surface area contributed by atoms with Gasteiger partial charge in [-0.2, -0.15) is 10.1 Å². The normalized spacial score (nSPS) is 20.0. The van der Waals surface area contributed by atoms with Crippen LogP contribution in [0.3, 0.4) is 0 Å². The number of amides is 2. The fourth-order valence-corrected chi connectivity index (χ4v) is 2.40. The number of carbonyl (C=O) groups excluding carboxylic acids is 2. The second-order valence-electron chi connectivity index (χ2n) is 4.17. The molecule has 1 unspecified atom stereocenters. The molecule has 2 N–H and O–H groups in total. The Kier molecular flexibility index (Phi) is 5.23. The highest BCUT2D eigenvalue weighted by Gasteiger charge is 2.35. The summed E-state index contributed by atoms with van der Waals surface area (Å²) in [7, 11) is 0. The zero-order valence-corrected chi connectivity index (χ0v) is 12.0. The maximum atomic E-state index is 11.9. The minimum atomic E-state index is -0.588. The van der Waals surface area contributed by atoms with E-state index in [0.717, 1.165) is 11.8 Å². The third-order valence-corrected chi connectivity index (χ3v) is 3.51. The first-order valence-electron chi connectivity index (χ1n) is 6.29. The van der Waals surface area contributed by atoms with Crippen molar-refractivity contribution < 1.29 is 14.7 Å². The van der Waals surface area contributed by atoms with Gasteiger partial charge in [0.2, 0.25) is 5.91 Å². The number of nitrogens with one attached hydrogen (secondary N) is 1. The highest BCUT2D eigenvalue weighted by Crippen LogP contribution is 2.21. The van der Waals surface area contributed by atoms with E-state index in [1.165, 1.54) is 11.2 Å². The van der Waals surface area contributed by atoms with Gasteiger partial charge in [0.25, 0.3) is 5.91 Å². The van der Waals surface area contributed by atoms with Crippen LogP contribution in [-0.4, -0.2) is 64.6 Å². The van der Waals surface area contributed by atoms with Crippen molar-refractivity contribution in [3.8, 4) is 0 Å². The molecule has 21 heavy (non-hydrogen) atoms. The van der Waals surface area contributed by atoms with Crippen molar-refractivity contribution in [3.63, 3.8) is 0 Å². The highest BCUT2D eigenvalue weighted by molar-refractivity contribution is 8.14. The van der Waals surface area contributed by atoms with Crippen LogP contribution in [0.4, 0.5) is 0 Å². The average Bonchev–Trinajstić information content (AvgIpc) is 2.87. The molecule has 0 radical (unpaired) electrons. The summed E-state index contributed by atoms with van der Waals surface area (Å²) in [5.74, 6) is -0.582. The van der Waals surface area contributed by atoms with Crippen LogP contribution < -0.4 is 5.32 Å². The fourth-order valence-electron chi connectivity index (χ4n) is 1.72. The predicted octanol–water partition coefficient (Wildman–Crippen LogP) is -0.774. The molecule has 2 heterocycles. The Hall–Kier alpha value is -2.00. The number of carbonyl (C=O) groups is 2. The quantitative estimate of drug-likeness (QED) is 0.626. The number of aliphatic imine (C=N–C) groups is 2. The lowest BCUT2D eigenvalue weighted by Crippen LogP contribution is -2.35. The maximum Gasteiger partial charge on any atom is 0.264 e. The van der Waals surface area contributed by atoms with Gasteiger partial charge in [-0.25, -0.2) is 10.0 Å². The summed E-state index contributed by atoms with van der Waals surface area (Å²) >= 11 is 1.08. The molecular formula is C12H15N5O3S. The van der Waals surface area contributed by atoms with Crippen molar-refractivity contribution in [2.24, 2.45) is 21.0 Å². The minimum absolute atomic E-state index is 0.0964. The van der Waals surface area contributed by atoms with E-state index in [4.69, 9.17) is 5.11 Å². The van der Waals surface area contributed by atoms with Crippen LogP contribution in [0.1, 0.15) is 0 Å². The van der Waals surface area contributed by atoms with Crippen LogP contribution in [0.25, 0.3) is 0 Å². The molecule has 2 aliphatic rings. The van der Waals surface area contributed by atoms with Gasteiger partial charge in [-0.15, -0.1) is 6.58 Å². The summed E-state index contributed by atoms with van der Waals surface area (Å²) in [6, 6.07) is 0. The van der Waals surface area contributed by atoms with Gasteiger partial charge in [-0.3, -0.25) is 9.59 Å². The van der Waals surface area contributed by atoms with Gasteiger partial charge in [-0.1, -0.05) is 17.8 Å². The first-order chi connectivity index (χ1) is 10.2. The summed E-state index contributed by atoms with van der Waals surface area (Å²) < 4.78 is 0. The lowest BCUT2D eigenvalue weighted by molar-refractivity contribution is -0.119. The molecule has 0 aliphatic carbocycles. The molecule has 2 rings (SSSR count). The number of aliphatic hydroxyl groups excluding tert-OH is 1. The summed E-state index contributed by atoms with van der Waals surface area (Å²) in [5, 5.41) is 17.3. The van der Waals surface area contributed by atoms with Gasteiger partial charge >= 0.3 is 0 Å². The van der Waals surface area contributed by atoms with E-state index in [2.05, 4.69) is 27.0 Å². The Bertz CT molecular complexity index is 543. The van der Waals surface area contributed by atoms with E-state index in [0.29, 0.717) is 12.4 Å². The zero-order valence-electron chi connectivity index (χ0n) is 11.2. The van der Waals surface area contributed by atoms with Gasteiger partial charge in [0.05, 0.1) is 18.9 Å². The zero-order chi connectivity index (χ0) is 15.2. The summed E-state index contributed by atoms with van der Waals surface area (Å²) in [5.41, 5.74) is 0. The van der Waals surface area contributed by atoms with E-state index in [1.54, 1.807) is 6.08 Å². The molecular weight excluding hydrogens is 294 g/mol. The number of hydrazone groups is 1.